The van der Waals surface area contributed by atoms with Gasteiger partial charge >= 0.3 is 0 Å². The Morgan fingerprint density at radius 3 is 2.50 bits per heavy atom. The first-order valence-corrected chi connectivity index (χ1v) is 5.82. The first-order valence-electron chi connectivity index (χ1n) is 5.82. The summed E-state index contributed by atoms with van der Waals surface area (Å²) in [7, 11) is 0. The highest BCUT2D eigenvalue weighted by atomic mass is 16.6. The molecule has 1 saturated carbocycles. The van der Waals surface area contributed by atoms with Crippen molar-refractivity contribution in [2.45, 2.75) is 57.5 Å². The summed E-state index contributed by atoms with van der Waals surface area (Å²) in [4.78, 5) is 0. The van der Waals surface area contributed by atoms with Crippen molar-refractivity contribution in [3.63, 3.8) is 0 Å². The molecule has 0 spiro atoms. The van der Waals surface area contributed by atoms with Gasteiger partial charge in [0, 0.05) is 0 Å². The first-order chi connectivity index (χ1) is 6.75. The summed E-state index contributed by atoms with van der Waals surface area (Å²) in [6, 6.07) is 0. The maximum Gasteiger partial charge on any atom is 0.134 e. The van der Waals surface area contributed by atoms with Gasteiger partial charge in [-0.2, -0.15) is 0 Å². The first kappa shape index (κ1) is 10.4. The number of epoxide rings is 1. The average molecular weight is 199 g/mol. The van der Waals surface area contributed by atoms with Gasteiger partial charge in [-0.25, -0.2) is 0 Å². The molecule has 0 aromatic rings. The number of ether oxygens (including phenoxy) is 1. The molecule has 2 fully saturated rings. The lowest BCUT2D eigenvalue weighted by molar-refractivity contribution is 0.106. The zero-order chi connectivity index (χ0) is 9.97. The minimum atomic E-state index is -0.0222. The third kappa shape index (κ3) is 2.94. The van der Waals surface area contributed by atoms with Crippen molar-refractivity contribution in [1.29, 1.82) is 0 Å². The lowest BCUT2D eigenvalue weighted by Gasteiger charge is -2.25. The van der Waals surface area contributed by atoms with Gasteiger partial charge < -0.3 is 9.84 Å². The molecule has 2 unspecified atom stereocenters. The molecule has 1 aliphatic heterocycles. The van der Waals surface area contributed by atoms with Crippen molar-refractivity contribution >= 4 is 0 Å². The van der Waals surface area contributed by atoms with E-state index in [2.05, 4.69) is 12.2 Å². The van der Waals surface area contributed by atoms with Crippen LogP contribution in [0.3, 0.4) is 0 Å². The van der Waals surface area contributed by atoms with Gasteiger partial charge in [-0.1, -0.05) is 0 Å². The van der Waals surface area contributed by atoms with Gasteiger partial charge in [-0.05, 0) is 51.5 Å². The Balaban J connectivity index is 1.53. The summed E-state index contributed by atoms with van der Waals surface area (Å²) in [6.45, 7) is 3.16. The van der Waals surface area contributed by atoms with Crippen molar-refractivity contribution < 1.29 is 9.84 Å². The molecule has 14 heavy (non-hydrogen) atoms. The lowest BCUT2D eigenvalue weighted by atomic mass is 9.85. The summed E-state index contributed by atoms with van der Waals surface area (Å²) >= 11 is 0. The highest BCUT2D eigenvalue weighted by Gasteiger charge is 2.33. The van der Waals surface area contributed by atoms with Crippen LogP contribution in [0, 0.1) is 5.92 Å². The standard InChI is InChI=1S/C11H21NO2/c1-8-11(14-8)12-7-6-9-2-4-10(13)5-3-9/h8-13H,2-7H2,1H3. The zero-order valence-corrected chi connectivity index (χ0v) is 8.91. The van der Waals surface area contributed by atoms with E-state index in [9.17, 15) is 5.11 Å². The van der Waals surface area contributed by atoms with E-state index < -0.39 is 0 Å². The second kappa shape index (κ2) is 4.60. The van der Waals surface area contributed by atoms with Crippen LogP contribution in [0.5, 0.6) is 0 Å². The molecule has 2 atom stereocenters. The summed E-state index contributed by atoms with van der Waals surface area (Å²) in [5.74, 6) is 0.819. The van der Waals surface area contributed by atoms with Gasteiger partial charge in [0.2, 0.25) is 0 Å². The number of nitrogens with one attached hydrogen (secondary N) is 1. The molecule has 1 aliphatic carbocycles. The fourth-order valence-corrected chi connectivity index (χ4v) is 2.26. The van der Waals surface area contributed by atoms with E-state index in [-0.39, 0.29) is 6.10 Å². The van der Waals surface area contributed by atoms with Gasteiger partial charge in [0.05, 0.1) is 12.2 Å². The number of rotatable bonds is 4. The van der Waals surface area contributed by atoms with Crippen molar-refractivity contribution in [2.75, 3.05) is 6.54 Å². The Hall–Kier alpha value is -0.120. The minimum Gasteiger partial charge on any atom is -0.393 e. The topological polar surface area (TPSA) is 44.8 Å². The summed E-state index contributed by atoms with van der Waals surface area (Å²) in [5, 5.41) is 12.7. The van der Waals surface area contributed by atoms with Crippen molar-refractivity contribution in [3.8, 4) is 0 Å². The molecular formula is C11H21NO2. The molecule has 82 valence electrons. The van der Waals surface area contributed by atoms with E-state index in [0.717, 1.165) is 25.3 Å². The van der Waals surface area contributed by atoms with Crippen LogP contribution in [-0.4, -0.2) is 30.1 Å². The maximum absolute atomic E-state index is 9.35. The molecule has 2 rings (SSSR count). The molecule has 0 bridgehead atoms. The minimum absolute atomic E-state index is 0.0222. The molecule has 3 heteroatoms. The second-order valence-electron chi connectivity index (χ2n) is 4.68. The van der Waals surface area contributed by atoms with E-state index in [4.69, 9.17) is 4.74 Å². The summed E-state index contributed by atoms with van der Waals surface area (Å²) < 4.78 is 5.27. The number of hydrogen-bond acceptors (Lipinski definition) is 3. The monoisotopic (exact) mass is 199 g/mol. The van der Waals surface area contributed by atoms with Crippen molar-refractivity contribution in [1.82, 2.24) is 5.32 Å². The fourth-order valence-electron chi connectivity index (χ4n) is 2.26. The van der Waals surface area contributed by atoms with Crippen molar-refractivity contribution in [3.05, 3.63) is 0 Å². The molecule has 1 heterocycles. The Morgan fingerprint density at radius 1 is 1.29 bits per heavy atom. The smallest absolute Gasteiger partial charge is 0.134 e. The Kier molecular flexibility index (Phi) is 3.42. The van der Waals surface area contributed by atoms with E-state index in [1.54, 1.807) is 0 Å². The molecule has 0 aromatic carbocycles. The summed E-state index contributed by atoms with van der Waals surface area (Å²) in [5.41, 5.74) is 0. The van der Waals surface area contributed by atoms with Gasteiger partial charge in [0.15, 0.2) is 0 Å². The van der Waals surface area contributed by atoms with Crippen LogP contribution in [-0.2, 0) is 4.74 Å². The highest BCUT2D eigenvalue weighted by molar-refractivity contribution is 4.79. The second-order valence-corrected chi connectivity index (χ2v) is 4.68. The predicted molar refractivity (Wildman–Crippen MR) is 54.9 cm³/mol. The van der Waals surface area contributed by atoms with Crippen LogP contribution in [0.2, 0.25) is 0 Å². The van der Waals surface area contributed by atoms with Crippen LogP contribution >= 0.6 is 0 Å². The predicted octanol–water partition coefficient (Wildman–Crippen LogP) is 1.26. The van der Waals surface area contributed by atoms with Gasteiger partial charge in [-0.3, -0.25) is 5.32 Å². The Bertz CT molecular complexity index is 178. The SMILES string of the molecule is CC1OC1NCCC1CCC(O)CC1. The molecule has 0 amide bonds. The highest BCUT2D eigenvalue weighted by Crippen LogP contribution is 2.26. The number of aliphatic hydroxyl groups excluding tert-OH is 1. The molecule has 0 radical (unpaired) electrons. The normalized spacial score (nSPS) is 42.4. The molecule has 0 aromatic heterocycles. The van der Waals surface area contributed by atoms with Crippen LogP contribution in [0.1, 0.15) is 39.0 Å². The van der Waals surface area contributed by atoms with Gasteiger partial charge in [-0.15, -0.1) is 0 Å². The van der Waals surface area contributed by atoms with Crippen LogP contribution in [0.4, 0.5) is 0 Å². The third-order valence-corrected chi connectivity index (χ3v) is 3.43. The van der Waals surface area contributed by atoms with Crippen molar-refractivity contribution in [2.24, 2.45) is 5.92 Å². The number of hydrogen-bond donors (Lipinski definition) is 2. The van der Waals surface area contributed by atoms with E-state index >= 15 is 0 Å². The van der Waals surface area contributed by atoms with E-state index in [1.807, 2.05) is 0 Å². The fraction of sp³-hybridized carbons (Fsp3) is 1.00. The van der Waals surface area contributed by atoms with E-state index in [1.165, 1.54) is 19.3 Å². The Morgan fingerprint density at radius 2 is 1.93 bits per heavy atom. The van der Waals surface area contributed by atoms with Crippen LogP contribution in [0.25, 0.3) is 0 Å². The van der Waals surface area contributed by atoms with Gasteiger partial charge in [0.25, 0.3) is 0 Å². The molecular weight excluding hydrogens is 178 g/mol. The molecule has 2 aliphatic rings. The third-order valence-electron chi connectivity index (χ3n) is 3.43. The molecule has 1 saturated heterocycles. The van der Waals surface area contributed by atoms with E-state index in [0.29, 0.717) is 12.3 Å². The lowest BCUT2D eigenvalue weighted by Crippen LogP contribution is -2.25. The largest absolute Gasteiger partial charge is 0.393 e. The van der Waals surface area contributed by atoms with Crippen LogP contribution < -0.4 is 5.32 Å². The molecule has 2 N–H and O–H groups in total. The quantitative estimate of drug-likeness (QED) is 0.670. The average Bonchev–Trinajstić information content (AvgIpc) is 2.86. The maximum atomic E-state index is 9.35. The zero-order valence-electron chi connectivity index (χ0n) is 8.91. The summed E-state index contributed by atoms with van der Waals surface area (Å²) in [6.07, 6.45) is 6.35. The van der Waals surface area contributed by atoms with Gasteiger partial charge in [0.1, 0.15) is 6.23 Å². The Labute approximate surface area is 85.8 Å². The van der Waals surface area contributed by atoms with Crippen LogP contribution in [0.15, 0.2) is 0 Å². The molecule has 3 nitrogen and oxygen atoms in total. The number of aliphatic hydroxyl groups is 1.